The summed E-state index contributed by atoms with van der Waals surface area (Å²) in [7, 11) is 1.95. The number of fused-ring (bicyclic) bond motifs is 1. The summed E-state index contributed by atoms with van der Waals surface area (Å²) in [5.41, 5.74) is 0.701. The highest BCUT2D eigenvalue weighted by Crippen LogP contribution is 2.33. The van der Waals surface area contributed by atoms with Crippen LogP contribution in [-0.4, -0.2) is 48.6 Å². The lowest BCUT2D eigenvalue weighted by molar-refractivity contribution is -0.140. The summed E-state index contributed by atoms with van der Waals surface area (Å²) in [6, 6.07) is 6.40. The number of anilines is 1. The van der Waals surface area contributed by atoms with Crippen LogP contribution in [0.1, 0.15) is 40.5 Å². The number of piperidine rings is 1. The SMILES string of the molecule is CCOc1ccc2nc(N3CCC(N(C)C(=O)C(C)(C)C)CC3)sc2c1. The molecule has 0 radical (unpaired) electrons. The normalized spacial score (nSPS) is 16.1. The fourth-order valence-corrected chi connectivity index (χ4v) is 4.47. The van der Waals surface area contributed by atoms with Crippen molar-refractivity contribution in [3.63, 3.8) is 0 Å². The third-order valence-corrected chi connectivity index (χ3v) is 5.98. The summed E-state index contributed by atoms with van der Waals surface area (Å²) >= 11 is 1.72. The molecule has 0 aliphatic carbocycles. The maximum atomic E-state index is 12.5. The molecule has 0 saturated carbocycles. The molecule has 0 spiro atoms. The van der Waals surface area contributed by atoms with Crippen LogP contribution in [0.25, 0.3) is 10.2 Å². The van der Waals surface area contributed by atoms with Crippen molar-refractivity contribution >= 4 is 32.6 Å². The molecule has 0 atom stereocenters. The Morgan fingerprint density at radius 1 is 1.35 bits per heavy atom. The summed E-state index contributed by atoms with van der Waals surface area (Å²) < 4.78 is 6.75. The van der Waals surface area contributed by atoms with Crippen molar-refractivity contribution in [2.24, 2.45) is 5.41 Å². The van der Waals surface area contributed by atoms with Gasteiger partial charge in [0, 0.05) is 31.6 Å². The number of ether oxygens (including phenoxy) is 1. The van der Waals surface area contributed by atoms with Gasteiger partial charge in [-0.3, -0.25) is 4.79 Å². The fourth-order valence-electron chi connectivity index (χ4n) is 3.42. The third kappa shape index (κ3) is 3.95. The van der Waals surface area contributed by atoms with E-state index in [1.807, 2.05) is 51.8 Å². The first kappa shape index (κ1) is 19.0. The minimum atomic E-state index is -0.322. The average molecular weight is 376 g/mol. The van der Waals surface area contributed by atoms with Gasteiger partial charge in [0.05, 0.1) is 16.8 Å². The molecule has 2 aromatic rings. The molecular formula is C20H29N3O2S. The van der Waals surface area contributed by atoms with Crippen LogP contribution in [0, 0.1) is 5.41 Å². The van der Waals surface area contributed by atoms with Crippen LogP contribution in [0.15, 0.2) is 18.2 Å². The van der Waals surface area contributed by atoms with E-state index in [-0.39, 0.29) is 11.3 Å². The second-order valence-electron chi connectivity index (χ2n) is 7.94. The highest BCUT2D eigenvalue weighted by molar-refractivity contribution is 7.22. The van der Waals surface area contributed by atoms with Gasteiger partial charge in [-0.1, -0.05) is 32.1 Å². The van der Waals surface area contributed by atoms with Gasteiger partial charge in [-0.15, -0.1) is 0 Å². The lowest BCUT2D eigenvalue weighted by Crippen LogP contribution is -2.48. The first-order valence-corrected chi connectivity index (χ1v) is 10.2. The van der Waals surface area contributed by atoms with E-state index in [1.54, 1.807) is 11.3 Å². The molecule has 0 unspecified atom stereocenters. The summed E-state index contributed by atoms with van der Waals surface area (Å²) in [6.45, 7) is 10.5. The lowest BCUT2D eigenvalue weighted by Gasteiger charge is -2.38. The Morgan fingerprint density at radius 2 is 2.04 bits per heavy atom. The first-order chi connectivity index (χ1) is 12.3. The average Bonchev–Trinajstić information content (AvgIpc) is 3.03. The molecule has 1 fully saturated rings. The monoisotopic (exact) mass is 375 g/mol. The number of hydrogen-bond acceptors (Lipinski definition) is 5. The molecule has 26 heavy (non-hydrogen) atoms. The fraction of sp³-hybridized carbons (Fsp3) is 0.600. The van der Waals surface area contributed by atoms with E-state index in [0.29, 0.717) is 12.6 Å². The smallest absolute Gasteiger partial charge is 0.227 e. The molecule has 1 aliphatic rings. The molecule has 0 bridgehead atoms. The van der Waals surface area contributed by atoms with Crippen LogP contribution in [0.2, 0.25) is 0 Å². The zero-order valence-corrected chi connectivity index (χ0v) is 17.2. The molecule has 5 nitrogen and oxygen atoms in total. The molecule has 1 aromatic heterocycles. The number of carbonyl (C=O) groups excluding carboxylic acids is 1. The number of amides is 1. The number of aromatic nitrogens is 1. The van der Waals surface area contributed by atoms with Crippen molar-refractivity contribution in [3.8, 4) is 5.75 Å². The van der Waals surface area contributed by atoms with Crippen LogP contribution >= 0.6 is 11.3 Å². The molecule has 142 valence electrons. The van der Waals surface area contributed by atoms with Crippen LogP contribution in [-0.2, 0) is 4.79 Å². The Balaban J connectivity index is 1.66. The maximum Gasteiger partial charge on any atom is 0.227 e. The Kier molecular flexibility index (Phi) is 5.42. The largest absolute Gasteiger partial charge is 0.494 e. The quantitative estimate of drug-likeness (QED) is 0.805. The van der Waals surface area contributed by atoms with E-state index < -0.39 is 0 Å². The van der Waals surface area contributed by atoms with Crippen LogP contribution in [0.3, 0.4) is 0 Å². The van der Waals surface area contributed by atoms with E-state index in [9.17, 15) is 4.79 Å². The highest BCUT2D eigenvalue weighted by atomic mass is 32.1. The molecule has 1 aromatic carbocycles. The highest BCUT2D eigenvalue weighted by Gasteiger charge is 2.32. The van der Waals surface area contributed by atoms with Gasteiger partial charge in [0.15, 0.2) is 5.13 Å². The Morgan fingerprint density at radius 3 is 2.65 bits per heavy atom. The van der Waals surface area contributed by atoms with Gasteiger partial charge in [-0.05, 0) is 38.0 Å². The zero-order chi connectivity index (χ0) is 18.9. The summed E-state index contributed by atoms with van der Waals surface area (Å²) in [5.74, 6) is 1.12. The van der Waals surface area contributed by atoms with Gasteiger partial charge in [-0.25, -0.2) is 4.98 Å². The minimum Gasteiger partial charge on any atom is -0.494 e. The lowest BCUT2D eigenvalue weighted by atomic mass is 9.93. The van der Waals surface area contributed by atoms with Crippen LogP contribution < -0.4 is 9.64 Å². The van der Waals surface area contributed by atoms with Crippen molar-refractivity contribution in [3.05, 3.63) is 18.2 Å². The molecule has 1 saturated heterocycles. The molecule has 3 rings (SSSR count). The molecule has 1 aliphatic heterocycles. The van der Waals surface area contributed by atoms with E-state index in [2.05, 4.69) is 11.0 Å². The van der Waals surface area contributed by atoms with Gasteiger partial charge in [-0.2, -0.15) is 0 Å². The van der Waals surface area contributed by atoms with Crippen molar-refractivity contribution in [1.29, 1.82) is 0 Å². The van der Waals surface area contributed by atoms with Crippen molar-refractivity contribution in [1.82, 2.24) is 9.88 Å². The Labute approximate surface area is 160 Å². The van der Waals surface area contributed by atoms with E-state index in [1.165, 1.54) is 0 Å². The number of benzene rings is 1. The minimum absolute atomic E-state index is 0.222. The predicted octanol–water partition coefficient (Wildman–Crippen LogP) is 4.17. The first-order valence-electron chi connectivity index (χ1n) is 9.35. The van der Waals surface area contributed by atoms with E-state index in [4.69, 9.17) is 9.72 Å². The number of rotatable bonds is 4. The van der Waals surface area contributed by atoms with Crippen molar-refractivity contribution in [2.75, 3.05) is 31.6 Å². The summed E-state index contributed by atoms with van der Waals surface area (Å²) in [5, 5.41) is 1.07. The number of hydrogen-bond donors (Lipinski definition) is 0. The zero-order valence-electron chi connectivity index (χ0n) is 16.4. The molecule has 2 heterocycles. The van der Waals surface area contributed by atoms with Crippen molar-refractivity contribution < 1.29 is 9.53 Å². The molecule has 1 amide bonds. The van der Waals surface area contributed by atoms with Crippen LogP contribution in [0.5, 0.6) is 5.75 Å². The summed E-state index contributed by atoms with van der Waals surface area (Å²) in [4.78, 5) is 21.6. The van der Waals surface area contributed by atoms with Gasteiger partial charge < -0.3 is 14.5 Å². The standard InChI is InChI=1S/C20H29N3O2S/c1-6-25-15-7-8-16-17(13-15)26-19(21-16)23-11-9-14(10-12-23)22(5)18(24)20(2,3)4/h7-8,13-14H,6,9-12H2,1-5H3. The number of nitrogens with zero attached hydrogens (tertiary/aromatic N) is 3. The number of carbonyl (C=O) groups is 1. The van der Waals surface area contributed by atoms with Gasteiger partial charge in [0.25, 0.3) is 0 Å². The maximum absolute atomic E-state index is 12.5. The van der Waals surface area contributed by atoms with E-state index in [0.717, 1.165) is 47.0 Å². The molecule has 6 heteroatoms. The second kappa shape index (κ2) is 7.43. The topological polar surface area (TPSA) is 45.7 Å². The Bertz CT molecular complexity index is 773. The van der Waals surface area contributed by atoms with Gasteiger partial charge in [0.1, 0.15) is 5.75 Å². The Hall–Kier alpha value is -1.82. The third-order valence-electron chi connectivity index (χ3n) is 4.90. The van der Waals surface area contributed by atoms with Gasteiger partial charge in [0.2, 0.25) is 5.91 Å². The molecular weight excluding hydrogens is 346 g/mol. The summed E-state index contributed by atoms with van der Waals surface area (Å²) in [6.07, 6.45) is 1.97. The van der Waals surface area contributed by atoms with Crippen LogP contribution in [0.4, 0.5) is 5.13 Å². The van der Waals surface area contributed by atoms with E-state index >= 15 is 0 Å². The second-order valence-corrected chi connectivity index (χ2v) is 8.95. The predicted molar refractivity (Wildman–Crippen MR) is 108 cm³/mol. The van der Waals surface area contributed by atoms with Gasteiger partial charge >= 0.3 is 0 Å². The van der Waals surface area contributed by atoms with Crippen molar-refractivity contribution in [2.45, 2.75) is 46.6 Å². The molecule has 0 N–H and O–H groups in total. The number of thiazole rings is 1.